The van der Waals surface area contributed by atoms with Gasteiger partial charge in [0, 0.05) is 37.6 Å². The Labute approximate surface area is 153 Å². The predicted octanol–water partition coefficient (Wildman–Crippen LogP) is 3.90. The van der Waals surface area contributed by atoms with Crippen molar-refractivity contribution in [1.82, 2.24) is 9.47 Å². The molecule has 8 nitrogen and oxygen atoms in total. The Morgan fingerprint density at radius 3 is 2.81 bits per heavy atom. The summed E-state index contributed by atoms with van der Waals surface area (Å²) in [6, 6.07) is 6.17. The number of rotatable bonds is 5. The Hall–Kier alpha value is -3.17. The number of carbonyl (C=O) groups is 1. The van der Waals surface area contributed by atoms with Gasteiger partial charge in [0.2, 0.25) is 0 Å². The lowest BCUT2D eigenvalue weighted by molar-refractivity contribution is -0.384. The molecule has 1 aromatic heterocycles. The van der Waals surface area contributed by atoms with E-state index in [9.17, 15) is 23.7 Å². The third kappa shape index (κ3) is 3.99. The van der Waals surface area contributed by atoms with Gasteiger partial charge in [-0.05, 0) is 31.0 Å². The van der Waals surface area contributed by atoms with Crippen LogP contribution in [0.5, 0.6) is 5.75 Å². The van der Waals surface area contributed by atoms with E-state index in [0.29, 0.717) is 6.54 Å². The molecular formula is C17H18F2N4O4. The van der Waals surface area contributed by atoms with Crippen molar-refractivity contribution in [3.8, 4) is 5.75 Å². The smallest absolute Gasteiger partial charge is 0.387 e. The Balaban J connectivity index is 1.85. The third-order valence-corrected chi connectivity index (χ3v) is 4.47. The topological polar surface area (TPSA) is 89.6 Å². The number of carbonyl (C=O) groups excluding carboxylic acids is 1. The summed E-state index contributed by atoms with van der Waals surface area (Å²) in [6.45, 7) is -2.63. The predicted molar refractivity (Wildman–Crippen MR) is 92.8 cm³/mol. The van der Waals surface area contributed by atoms with Crippen molar-refractivity contribution < 1.29 is 23.2 Å². The van der Waals surface area contributed by atoms with E-state index in [0.717, 1.165) is 36.7 Å². The molecule has 0 aliphatic carbocycles. The summed E-state index contributed by atoms with van der Waals surface area (Å²) in [5, 5.41) is 13.4. The molecule has 2 amide bonds. The molecule has 1 atom stereocenters. The number of nitro benzene ring substituents is 1. The number of benzene rings is 1. The van der Waals surface area contributed by atoms with Gasteiger partial charge in [-0.2, -0.15) is 8.78 Å². The van der Waals surface area contributed by atoms with E-state index in [1.807, 2.05) is 29.9 Å². The van der Waals surface area contributed by atoms with Gasteiger partial charge in [-0.15, -0.1) is 0 Å². The number of nitrogens with zero attached hydrogens (tertiary/aromatic N) is 3. The second-order valence-electron chi connectivity index (χ2n) is 6.14. The van der Waals surface area contributed by atoms with E-state index in [2.05, 4.69) is 10.1 Å². The number of anilines is 1. The highest BCUT2D eigenvalue weighted by molar-refractivity contribution is 5.92. The summed E-state index contributed by atoms with van der Waals surface area (Å²) in [5.41, 5.74) is 0.435. The molecule has 144 valence electrons. The molecule has 0 spiro atoms. The number of aromatic nitrogens is 1. The fraction of sp³-hybridized carbons (Fsp3) is 0.353. The van der Waals surface area contributed by atoms with Crippen LogP contribution >= 0.6 is 0 Å². The van der Waals surface area contributed by atoms with Gasteiger partial charge in [0.1, 0.15) is 5.75 Å². The molecular weight excluding hydrogens is 362 g/mol. The van der Waals surface area contributed by atoms with Gasteiger partial charge in [-0.25, -0.2) is 4.79 Å². The standard InChI is InChI=1S/C17H18F2N4O4/c1-21-8-2-4-13(21)14-5-3-9-22(14)17(24)20-12-10-11(23(25)26)6-7-15(12)27-16(18)19/h2,4,6-8,10,14,16H,3,5,9H2,1H3,(H,20,24). The molecule has 2 aromatic rings. The summed E-state index contributed by atoms with van der Waals surface area (Å²) >= 11 is 0. The van der Waals surface area contributed by atoms with Crippen molar-refractivity contribution in [3.63, 3.8) is 0 Å². The Morgan fingerprint density at radius 2 is 2.19 bits per heavy atom. The maximum Gasteiger partial charge on any atom is 0.387 e. The first kappa shape index (κ1) is 18.6. The highest BCUT2D eigenvalue weighted by atomic mass is 19.3. The van der Waals surface area contributed by atoms with E-state index in [4.69, 9.17) is 0 Å². The Kier molecular flexibility index (Phi) is 5.24. The van der Waals surface area contributed by atoms with Gasteiger partial charge in [0.15, 0.2) is 0 Å². The third-order valence-electron chi connectivity index (χ3n) is 4.47. The summed E-state index contributed by atoms with van der Waals surface area (Å²) in [6.07, 6.45) is 3.43. The van der Waals surface area contributed by atoms with Gasteiger partial charge in [-0.1, -0.05) is 0 Å². The Bertz CT molecular complexity index is 855. The second kappa shape index (κ2) is 7.60. The molecule has 0 saturated carbocycles. The van der Waals surface area contributed by atoms with E-state index in [1.165, 1.54) is 0 Å². The number of halogens is 2. The number of hydrogen-bond acceptors (Lipinski definition) is 4. The van der Waals surface area contributed by atoms with Crippen LogP contribution in [0.3, 0.4) is 0 Å². The number of amides is 2. The summed E-state index contributed by atoms with van der Waals surface area (Å²) < 4.78 is 31.5. The summed E-state index contributed by atoms with van der Waals surface area (Å²) in [4.78, 5) is 24.6. The number of alkyl halides is 2. The number of likely N-dealkylation sites (tertiary alicyclic amines) is 1. The van der Waals surface area contributed by atoms with Crippen LogP contribution in [-0.2, 0) is 7.05 Å². The molecule has 1 unspecified atom stereocenters. The van der Waals surface area contributed by atoms with Crippen LogP contribution in [0.4, 0.5) is 25.0 Å². The molecule has 1 fully saturated rings. The lowest BCUT2D eigenvalue weighted by Gasteiger charge is -2.26. The lowest BCUT2D eigenvalue weighted by Crippen LogP contribution is -2.35. The van der Waals surface area contributed by atoms with Crippen LogP contribution < -0.4 is 10.1 Å². The zero-order valence-electron chi connectivity index (χ0n) is 14.5. The van der Waals surface area contributed by atoms with Crippen LogP contribution in [0.1, 0.15) is 24.6 Å². The van der Waals surface area contributed by atoms with Gasteiger partial charge < -0.3 is 19.5 Å². The van der Waals surface area contributed by atoms with Crippen LogP contribution in [-0.4, -0.2) is 33.6 Å². The van der Waals surface area contributed by atoms with Crippen molar-refractivity contribution in [1.29, 1.82) is 0 Å². The maximum absolute atomic E-state index is 12.7. The van der Waals surface area contributed by atoms with E-state index in [-0.39, 0.29) is 23.2 Å². The van der Waals surface area contributed by atoms with E-state index in [1.54, 1.807) is 4.90 Å². The van der Waals surface area contributed by atoms with Crippen molar-refractivity contribution >= 4 is 17.4 Å². The highest BCUT2D eigenvalue weighted by Crippen LogP contribution is 2.35. The molecule has 0 bridgehead atoms. The first-order valence-electron chi connectivity index (χ1n) is 8.29. The molecule has 1 saturated heterocycles. The average Bonchev–Trinajstić information content (AvgIpc) is 3.24. The van der Waals surface area contributed by atoms with Crippen LogP contribution in [0.2, 0.25) is 0 Å². The Morgan fingerprint density at radius 1 is 1.41 bits per heavy atom. The number of urea groups is 1. The van der Waals surface area contributed by atoms with Gasteiger partial charge in [-0.3, -0.25) is 10.1 Å². The maximum atomic E-state index is 12.7. The van der Waals surface area contributed by atoms with Crippen molar-refractivity contribution in [3.05, 3.63) is 52.3 Å². The zero-order valence-corrected chi connectivity index (χ0v) is 14.5. The average molecular weight is 380 g/mol. The molecule has 2 heterocycles. The largest absolute Gasteiger partial charge is 0.433 e. The molecule has 1 aliphatic heterocycles. The molecule has 3 rings (SSSR count). The van der Waals surface area contributed by atoms with Crippen molar-refractivity contribution in [2.24, 2.45) is 7.05 Å². The minimum Gasteiger partial charge on any atom is -0.433 e. The number of ether oxygens (including phenoxy) is 1. The molecule has 10 heteroatoms. The van der Waals surface area contributed by atoms with Crippen molar-refractivity contribution in [2.75, 3.05) is 11.9 Å². The number of nitrogens with one attached hydrogen (secondary N) is 1. The highest BCUT2D eigenvalue weighted by Gasteiger charge is 2.32. The number of hydrogen-bond donors (Lipinski definition) is 1. The second-order valence-corrected chi connectivity index (χ2v) is 6.14. The molecule has 27 heavy (non-hydrogen) atoms. The van der Waals surface area contributed by atoms with Gasteiger partial charge >= 0.3 is 12.6 Å². The van der Waals surface area contributed by atoms with Gasteiger partial charge in [0.25, 0.3) is 5.69 Å². The van der Waals surface area contributed by atoms with E-state index < -0.39 is 17.6 Å². The van der Waals surface area contributed by atoms with Crippen LogP contribution in [0.15, 0.2) is 36.5 Å². The quantitative estimate of drug-likeness (QED) is 0.629. The SMILES string of the molecule is Cn1cccc1C1CCCN1C(=O)Nc1cc([N+](=O)[O-])ccc1OC(F)F. The first-order valence-corrected chi connectivity index (χ1v) is 8.29. The van der Waals surface area contributed by atoms with Crippen molar-refractivity contribution in [2.45, 2.75) is 25.5 Å². The number of nitro groups is 1. The van der Waals surface area contributed by atoms with E-state index >= 15 is 0 Å². The monoisotopic (exact) mass is 380 g/mol. The molecule has 1 aromatic carbocycles. The minimum absolute atomic E-state index is 0.164. The first-order chi connectivity index (χ1) is 12.9. The summed E-state index contributed by atoms with van der Waals surface area (Å²) in [7, 11) is 1.87. The minimum atomic E-state index is -3.12. The number of aryl methyl sites for hydroxylation is 1. The fourth-order valence-corrected chi connectivity index (χ4v) is 3.25. The summed E-state index contributed by atoms with van der Waals surface area (Å²) in [5.74, 6) is -0.335. The number of non-ortho nitro benzene ring substituents is 1. The molecule has 1 aliphatic rings. The normalized spacial score (nSPS) is 16.6. The lowest BCUT2D eigenvalue weighted by atomic mass is 10.1. The molecule has 1 N–H and O–H groups in total. The molecule has 0 radical (unpaired) electrons. The zero-order chi connectivity index (χ0) is 19.6. The van der Waals surface area contributed by atoms with Crippen LogP contribution in [0.25, 0.3) is 0 Å². The fourth-order valence-electron chi connectivity index (χ4n) is 3.25. The van der Waals surface area contributed by atoms with Gasteiger partial charge in [0.05, 0.1) is 16.7 Å². The van der Waals surface area contributed by atoms with Crippen LogP contribution in [0, 0.1) is 10.1 Å².